The molecule has 1 fully saturated rings. The Labute approximate surface area is 105 Å². The van der Waals surface area contributed by atoms with Crippen LogP contribution in [0.4, 0.5) is 5.82 Å². The highest BCUT2D eigenvalue weighted by Crippen LogP contribution is 2.40. The predicted molar refractivity (Wildman–Crippen MR) is 69.7 cm³/mol. The maximum atomic E-state index is 6.12. The van der Waals surface area contributed by atoms with E-state index in [0.717, 1.165) is 22.0 Å². The van der Waals surface area contributed by atoms with Crippen molar-refractivity contribution in [1.29, 1.82) is 0 Å². The minimum absolute atomic E-state index is 0.611. The molecule has 0 unspecified atom stereocenters. The van der Waals surface area contributed by atoms with Crippen LogP contribution in [0.2, 0.25) is 5.02 Å². The van der Waals surface area contributed by atoms with E-state index in [0.29, 0.717) is 11.7 Å². The highest BCUT2D eigenvalue weighted by Gasteiger charge is 2.27. The number of benzene rings is 1. The van der Waals surface area contributed by atoms with Crippen LogP contribution in [0.15, 0.2) is 24.3 Å². The zero-order valence-electron chi connectivity index (χ0n) is 9.65. The van der Waals surface area contributed by atoms with Gasteiger partial charge in [-0.25, -0.2) is 4.68 Å². The summed E-state index contributed by atoms with van der Waals surface area (Å²) in [5, 5.41) is 5.29. The lowest BCUT2D eigenvalue weighted by Gasteiger charge is -2.05. The Hall–Kier alpha value is -1.48. The number of halogens is 1. The van der Waals surface area contributed by atoms with E-state index in [-0.39, 0.29) is 0 Å². The number of nitrogen functional groups attached to an aromatic ring is 1. The van der Waals surface area contributed by atoms with Crippen LogP contribution in [0, 0.1) is 6.92 Å². The van der Waals surface area contributed by atoms with Gasteiger partial charge in [-0.15, -0.1) is 0 Å². The maximum absolute atomic E-state index is 6.12. The number of hydrogen-bond acceptors (Lipinski definition) is 2. The molecule has 0 radical (unpaired) electrons. The number of aryl methyl sites for hydroxylation is 1. The van der Waals surface area contributed by atoms with Crippen LogP contribution in [-0.4, -0.2) is 9.78 Å². The molecular formula is C13H14ClN3. The van der Waals surface area contributed by atoms with Gasteiger partial charge in [0.05, 0.1) is 11.4 Å². The number of aromatic nitrogens is 2. The Balaban J connectivity index is 2.04. The fourth-order valence-corrected chi connectivity index (χ4v) is 2.09. The first kappa shape index (κ1) is 10.7. The highest BCUT2D eigenvalue weighted by atomic mass is 35.5. The van der Waals surface area contributed by atoms with Crippen LogP contribution in [-0.2, 0) is 0 Å². The zero-order valence-corrected chi connectivity index (χ0v) is 10.4. The number of nitrogens with two attached hydrogens (primary N) is 1. The molecular weight excluding hydrogens is 234 g/mol. The lowest BCUT2D eigenvalue weighted by atomic mass is 10.2. The van der Waals surface area contributed by atoms with Crippen LogP contribution in [0.5, 0.6) is 0 Å². The summed E-state index contributed by atoms with van der Waals surface area (Å²) < 4.78 is 1.76. The Kier molecular flexibility index (Phi) is 2.37. The van der Waals surface area contributed by atoms with Gasteiger partial charge in [0.25, 0.3) is 0 Å². The lowest BCUT2D eigenvalue weighted by Crippen LogP contribution is -2.02. The van der Waals surface area contributed by atoms with Crippen molar-refractivity contribution in [3.8, 4) is 5.69 Å². The average Bonchev–Trinajstić information content (AvgIpc) is 3.07. The normalized spacial score (nSPS) is 15.2. The fraction of sp³-hybridized carbons (Fsp3) is 0.308. The van der Waals surface area contributed by atoms with Gasteiger partial charge in [-0.1, -0.05) is 17.7 Å². The van der Waals surface area contributed by atoms with Crippen LogP contribution >= 0.6 is 11.6 Å². The predicted octanol–water partition coefficient (Wildman–Crippen LogP) is 3.29. The standard InChI is InChI=1S/C13H14ClN3/c1-8-2-5-10(6-11(8)14)17-13(15)7-12(16-17)9-3-4-9/h2,5-7,9H,3-4,15H2,1H3. The summed E-state index contributed by atoms with van der Waals surface area (Å²) in [5.74, 6) is 1.28. The number of hydrogen-bond donors (Lipinski definition) is 1. The molecule has 1 aromatic carbocycles. The molecule has 3 rings (SSSR count). The molecule has 1 heterocycles. The summed E-state index contributed by atoms with van der Waals surface area (Å²) in [4.78, 5) is 0. The topological polar surface area (TPSA) is 43.8 Å². The van der Waals surface area contributed by atoms with E-state index >= 15 is 0 Å². The second-order valence-electron chi connectivity index (χ2n) is 4.61. The zero-order chi connectivity index (χ0) is 12.0. The van der Waals surface area contributed by atoms with E-state index in [9.17, 15) is 0 Å². The minimum Gasteiger partial charge on any atom is -0.384 e. The van der Waals surface area contributed by atoms with Crippen LogP contribution in [0.1, 0.15) is 30.0 Å². The monoisotopic (exact) mass is 247 g/mol. The maximum Gasteiger partial charge on any atom is 0.127 e. The molecule has 1 saturated carbocycles. The van der Waals surface area contributed by atoms with Crippen molar-refractivity contribution in [3.05, 3.63) is 40.5 Å². The quantitative estimate of drug-likeness (QED) is 0.885. The molecule has 0 spiro atoms. The van der Waals surface area contributed by atoms with E-state index in [4.69, 9.17) is 17.3 Å². The highest BCUT2D eigenvalue weighted by molar-refractivity contribution is 6.31. The summed E-state index contributed by atoms with van der Waals surface area (Å²) in [5.41, 5.74) is 9.06. The molecule has 0 atom stereocenters. The van der Waals surface area contributed by atoms with E-state index in [2.05, 4.69) is 5.10 Å². The first-order valence-electron chi connectivity index (χ1n) is 5.77. The third-order valence-electron chi connectivity index (χ3n) is 3.15. The summed E-state index contributed by atoms with van der Waals surface area (Å²) in [6.07, 6.45) is 2.45. The fourth-order valence-electron chi connectivity index (χ4n) is 1.91. The van der Waals surface area contributed by atoms with E-state index < -0.39 is 0 Å². The van der Waals surface area contributed by atoms with Crippen LogP contribution in [0.3, 0.4) is 0 Å². The van der Waals surface area contributed by atoms with Crippen molar-refractivity contribution in [1.82, 2.24) is 9.78 Å². The number of nitrogens with zero attached hydrogens (tertiary/aromatic N) is 2. The largest absolute Gasteiger partial charge is 0.384 e. The smallest absolute Gasteiger partial charge is 0.127 e. The second-order valence-corrected chi connectivity index (χ2v) is 5.02. The Morgan fingerprint density at radius 2 is 2.12 bits per heavy atom. The lowest BCUT2D eigenvalue weighted by molar-refractivity contribution is 0.844. The number of anilines is 1. The van der Waals surface area contributed by atoms with Gasteiger partial charge in [-0.05, 0) is 37.5 Å². The molecule has 1 aromatic heterocycles. The molecule has 2 aromatic rings. The van der Waals surface area contributed by atoms with Gasteiger partial charge in [-0.2, -0.15) is 5.10 Å². The van der Waals surface area contributed by atoms with Gasteiger partial charge in [-0.3, -0.25) is 0 Å². The molecule has 0 aliphatic heterocycles. The Bertz CT molecular complexity index is 570. The third-order valence-corrected chi connectivity index (χ3v) is 3.56. The van der Waals surface area contributed by atoms with Gasteiger partial charge >= 0.3 is 0 Å². The van der Waals surface area contributed by atoms with Crippen molar-refractivity contribution in [3.63, 3.8) is 0 Å². The second kappa shape index (κ2) is 3.77. The molecule has 4 heteroatoms. The molecule has 1 aliphatic carbocycles. The van der Waals surface area contributed by atoms with E-state index in [1.165, 1.54) is 12.8 Å². The molecule has 0 saturated heterocycles. The summed E-state index contributed by atoms with van der Waals surface area (Å²) in [6, 6.07) is 7.83. The summed E-state index contributed by atoms with van der Waals surface area (Å²) >= 11 is 6.12. The van der Waals surface area contributed by atoms with Crippen molar-refractivity contribution in [2.45, 2.75) is 25.7 Å². The van der Waals surface area contributed by atoms with Gasteiger partial charge < -0.3 is 5.73 Å². The Morgan fingerprint density at radius 1 is 1.35 bits per heavy atom. The molecule has 88 valence electrons. The SMILES string of the molecule is Cc1ccc(-n2nc(C3CC3)cc2N)cc1Cl. The molecule has 1 aliphatic rings. The molecule has 0 amide bonds. The summed E-state index contributed by atoms with van der Waals surface area (Å²) in [6.45, 7) is 1.98. The van der Waals surface area contributed by atoms with Crippen molar-refractivity contribution >= 4 is 17.4 Å². The van der Waals surface area contributed by atoms with Gasteiger partial charge in [0.2, 0.25) is 0 Å². The van der Waals surface area contributed by atoms with Crippen LogP contribution in [0.25, 0.3) is 5.69 Å². The number of rotatable bonds is 2. The van der Waals surface area contributed by atoms with Crippen molar-refractivity contribution < 1.29 is 0 Å². The molecule has 0 bridgehead atoms. The average molecular weight is 248 g/mol. The van der Waals surface area contributed by atoms with Crippen molar-refractivity contribution in [2.75, 3.05) is 5.73 Å². The third kappa shape index (κ3) is 1.91. The van der Waals surface area contributed by atoms with Gasteiger partial charge in [0, 0.05) is 17.0 Å². The minimum atomic E-state index is 0.611. The van der Waals surface area contributed by atoms with E-state index in [1.54, 1.807) is 4.68 Å². The molecule has 3 nitrogen and oxygen atoms in total. The Morgan fingerprint density at radius 3 is 2.76 bits per heavy atom. The molecule has 17 heavy (non-hydrogen) atoms. The van der Waals surface area contributed by atoms with E-state index in [1.807, 2.05) is 31.2 Å². The van der Waals surface area contributed by atoms with Crippen LogP contribution < -0.4 is 5.73 Å². The first-order chi connectivity index (χ1) is 8.15. The van der Waals surface area contributed by atoms with Crippen molar-refractivity contribution in [2.24, 2.45) is 0 Å². The molecule has 2 N–H and O–H groups in total. The van der Waals surface area contributed by atoms with Gasteiger partial charge in [0.1, 0.15) is 5.82 Å². The van der Waals surface area contributed by atoms with Gasteiger partial charge in [0.15, 0.2) is 0 Å². The first-order valence-corrected chi connectivity index (χ1v) is 6.15. The summed E-state index contributed by atoms with van der Waals surface area (Å²) in [7, 11) is 0.